The number of rotatable bonds is 5. The van der Waals surface area contributed by atoms with Crippen LogP contribution in [0.4, 0.5) is 0 Å². The molecule has 0 radical (unpaired) electrons. The third-order valence-corrected chi connectivity index (χ3v) is 2.26. The van der Waals surface area contributed by atoms with Gasteiger partial charge in [-0.3, -0.25) is 4.79 Å². The zero-order valence-electron chi connectivity index (χ0n) is 9.52. The summed E-state index contributed by atoms with van der Waals surface area (Å²) in [5, 5.41) is 0. The van der Waals surface area contributed by atoms with Crippen LogP contribution in [0.3, 0.4) is 0 Å². The normalized spacial score (nSPS) is 12.3. The van der Waals surface area contributed by atoms with Crippen molar-refractivity contribution in [3.05, 3.63) is 71.8 Å². The van der Waals surface area contributed by atoms with Gasteiger partial charge >= 0.3 is 0 Å². The number of hydrogen-bond acceptors (Lipinski definition) is 1. The molecule has 0 fully saturated rings. The lowest BCUT2D eigenvalue weighted by Gasteiger charge is -2.00. The highest BCUT2D eigenvalue weighted by atomic mass is 16.1. The number of carbonyl (C=O) groups is 1. The lowest BCUT2D eigenvalue weighted by atomic mass is 10.1. The van der Waals surface area contributed by atoms with Gasteiger partial charge in [0.2, 0.25) is 0 Å². The molecule has 1 nitrogen and oxygen atoms in total. The smallest absolute Gasteiger partial charge is 0.150 e. The molecule has 1 heteroatoms. The van der Waals surface area contributed by atoms with E-state index in [9.17, 15) is 4.79 Å². The number of hydrogen-bond donors (Lipinski definition) is 0. The van der Waals surface area contributed by atoms with Crippen LogP contribution in [0, 0.1) is 0 Å². The fourth-order valence-electron chi connectivity index (χ4n) is 1.37. The van der Waals surface area contributed by atoms with Gasteiger partial charge in [0, 0.05) is 5.57 Å². The predicted octanol–water partition coefficient (Wildman–Crippen LogP) is 3.49. The van der Waals surface area contributed by atoms with Crippen LogP contribution in [-0.4, -0.2) is 6.29 Å². The number of aldehydes is 1. The van der Waals surface area contributed by atoms with Crippen molar-refractivity contribution < 1.29 is 4.79 Å². The predicted molar refractivity (Wildman–Crippen MR) is 68.2 cm³/mol. The summed E-state index contributed by atoms with van der Waals surface area (Å²) < 4.78 is 0. The average molecular weight is 212 g/mol. The molecular formula is C15H16O. The molecule has 0 amide bonds. The van der Waals surface area contributed by atoms with E-state index in [1.165, 1.54) is 11.1 Å². The van der Waals surface area contributed by atoms with Crippen molar-refractivity contribution >= 4 is 6.29 Å². The summed E-state index contributed by atoms with van der Waals surface area (Å²) in [7, 11) is 0. The van der Waals surface area contributed by atoms with Gasteiger partial charge < -0.3 is 0 Å². The van der Waals surface area contributed by atoms with E-state index >= 15 is 0 Å². The molecule has 0 aliphatic rings. The Morgan fingerprint density at radius 1 is 1.25 bits per heavy atom. The summed E-state index contributed by atoms with van der Waals surface area (Å²) in [5.74, 6) is 0. The maximum absolute atomic E-state index is 10.5. The summed E-state index contributed by atoms with van der Waals surface area (Å²) in [5.41, 5.74) is 3.09. The molecule has 0 atom stereocenters. The Labute approximate surface area is 96.8 Å². The monoisotopic (exact) mass is 212 g/mol. The van der Waals surface area contributed by atoms with E-state index in [1.807, 2.05) is 24.3 Å². The van der Waals surface area contributed by atoms with E-state index in [-0.39, 0.29) is 0 Å². The molecular weight excluding hydrogens is 196 g/mol. The van der Waals surface area contributed by atoms with Crippen LogP contribution >= 0.6 is 0 Å². The van der Waals surface area contributed by atoms with Gasteiger partial charge in [-0.2, -0.15) is 0 Å². The molecule has 0 unspecified atom stereocenters. The Hall–Kier alpha value is -1.89. The van der Waals surface area contributed by atoms with E-state index in [4.69, 9.17) is 0 Å². The molecule has 1 aromatic rings. The van der Waals surface area contributed by atoms with Crippen molar-refractivity contribution in [2.24, 2.45) is 0 Å². The Morgan fingerprint density at radius 2 is 1.94 bits per heavy atom. The fourth-order valence-corrected chi connectivity index (χ4v) is 1.37. The van der Waals surface area contributed by atoms with Gasteiger partial charge in [-0.15, -0.1) is 0 Å². The second kappa shape index (κ2) is 6.57. The first-order valence-corrected chi connectivity index (χ1v) is 5.25. The summed E-state index contributed by atoms with van der Waals surface area (Å²) in [6.07, 6.45) is 7.01. The molecule has 1 rings (SSSR count). The molecule has 0 saturated heterocycles. The minimum atomic E-state index is 0.604. The fraction of sp³-hybridized carbons (Fsp3) is 0.133. The number of carbonyl (C=O) groups excluding carboxylic acids is 1. The van der Waals surface area contributed by atoms with Crippen molar-refractivity contribution in [2.75, 3.05) is 0 Å². The SMILES string of the molecule is C=C/C(C=O)=C\C=C(\C)Cc1ccccc1. The van der Waals surface area contributed by atoms with Gasteiger partial charge in [-0.05, 0) is 18.9 Å². The van der Waals surface area contributed by atoms with E-state index in [0.717, 1.165) is 12.7 Å². The largest absolute Gasteiger partial charge is 0.298 e. The van der Waals surface area contributed by atoms with Crippen LogP contribution in [0.25, 0.3) is 0 Å². The van der Waals surface area contributed by atoms with Crippen LogP contribution in [0.15, 0.2) is 66.3 Å². The van der Waals surface area contributed by atoms with Crippen molar-refractivity contribution in [3.63, 3.8) is 0 Å². The first-order chi connectivity index (χ1) is 7.76. The molecule has 0 spiro atoms. The molecule has 0 aliphatic heterocycles. The molecule has 1 aromatic carbocycles. The van der Waals surface area contributed by atoms with Crippen LogP contribution in [0.1, 0.15) is 12.5 Å². The van der Waals surface area contributed by atoms with Crippen LogP contribution in [-0.2, 0) is 11.2 Å². The lowest BCUT2D eigenvalue weighted by molar-refractivity contribution is -0.104. The molecule has 0 bridgehead atoms. The maximum atomic E-state index is 10.5. The molecule has 16 heavy (non-hydrogen) atoms. The van der Waals surface area contributed by atoms with Gasteiger partial charge in [0.25, 0.3) is 0 Å². The number of allylic oxidation sites excluding steroid dienone is 5. The van der Waals surface area contributed by atoms with Crippen LogP contribution in [0.5, 0.6) is 0 Å². The van der Waals surface area contributed by atoms with Crippen LogP contribution < -0.4 is 0 Å². The van der Waals surface area contributed by atoms with Gasteiger partial charge in [0.1, 0.15) is 6.29 Å². The zero-order chi connectivity index (χ0) is 11.8. The Kier molecular flexibility index (Phi) is 5.00. The van der Waals surface area contributed by atoms with E-state index in [0.29, 0.717) is 5.57 Å². The molecule has 0 aliphatic carbocycles. The standard InChI is InChI=1S/C15H16O/c1-3-14(12-16)10-9-13(2)11-15-7-5-4-6-8-15/h3-10,12H,1,11H2,2H3/b13-9-,14-10+. The molecule has 0 N–H and O–H groups in total. The topological polar surface area (TPSA) is 17.1 Å². The van der Waals surface area contributed by atoms with Crippen molar-refractivity contribution in [1.29, 1.82) is 0 Å². The van der Waals surface area contributed by atoms with Crippen molar-refractivity contribution in [1.82, 2.24) is 0 Å². The minimum Gasteiger partial charge on any atom is -0.298 e. The van der Waals surface area contributed by atoms with Gasteiger partial charge in [0.05, 0.1) is 0 Å². The van der Waals surface area contributed by atoms with Gasteiger partial charge in [0.15, 0.2) is 0 Å². The quantitative estimate of drug-likeness (QED) is 0.415. The minimum absolute atomic E-state index is 0.604. The summed E-state index contributed by atoms with van der Waals surface area (Å²) >= 11 is 0. The third kappa shape index (κ3) is 4.09. The molecule has 0 heterocycles. The molecule has 0 aromatic heterocycles. The molecule has 0 saturated carbocycles. The molecule has 82 valence electrons. The van der Waals surface area contributed by atoms with Crippen molar-refractivity contribution in [2.45, 2.75) is 13.3 Å². The zero-order valence-corrected chi connectivity index (χ0v) is 9.52. The summed E-state index contributed by atoms with van der Waals surface area (Å²) in [6, 6.07) is 10.2. The Bertz CT molecular complexity index is 400. The van der Waals surface area contributed by atoms with E-state index in [1.54, 1.807) is 12.2 Å². The maximum Gasteiger partial charge on any atom is 0.150 e. The van der Waals surface area contributed by atoms with Gasteiger partial charge in [-0.25, -0.2) is 0 Å². The lowest BCUT2D eigenvalue weighted by Crippen LogP contribution is -1.86. The third-order valence-electron chi connectivity index (χ3n) is 2.26. The van der Waals surface area contributed by atoms with E-state index in [2.05, 4.69) is 25.6 Å². The average Bonchev–Trinajstić information content (AvgIpc) is 2.31. The second-order valence-electron chi connectivity index (χ2n) is 3.66. The highest BCUT2D eigenvalue weighted by Gasteiger charge is 1.92. The Morgan fingerprint density at radius 3 is 2.50 bits per heavy atom. The summed E-state index contributed by atoms with van der Waals surface area (Å²) in [4.78, 5) is 10.5. The van der Waals surface area contributed by atoms with Crippen LogP contribution in [0.2, 0.25) is 0 Å². The highest BCUT2D eigenvalue weighted by Crippen LogP contribution is 2.07. The number of benzene rings is 1. The van der Waals surface area contributed by atoms with Crippen molar-refractivity contribution in [3.8, 4) is 0 Å². The Balaban J connectivity index is 2.69. The second-order valence-corrected chi connectivity index (χ2v) is 3.66. The first kappa shape index (κ1) is 12.2. The van der Waals surface area contributed by atoms with E-state index < -0.39 is 0 Å². The van der Waals surface area contributed by atoms with Gasteiger partial charge in [-0.1, -0.05) is 60.7 Å². The summed E-state index contributed by atoms with van der Waals surface area (Å²) in [6.45, 7) is 5.62. The highest BCUT2D eigenvalue weighted by molar-refractivity contribution is 5.77. The first-order valence-electron chi connectivity index (χ1n) is 5.25.